The Kier molecular flexibility index (Phi) is 4.48. The number of likely N-dealkylation sites (tertiary alicyclic amines) is 1. The summed E-state index contributed by atoms with van der Waals surface area (Å²) in [5, 5.41) is 0. The molecule has 2 nitrogen and oxygen atoms in total. The minimum absolute atomic E-state index is 0.108. The van der Waals surface area contributed by atoms with Gasteiger partial charge in [0, 0.05) is 0 Å². The fraction of sp³-hybridized carbons (Fsp3) is 0.533. The minimum Gasteiger partial charge on any atom is -0.296 e. The molecule has 98 valence electrons. The number of rotatable bonds is 4. The summed E-state index contributed by atoms with van der Waals surface area (Å²) in [6.07, 6.45) is 3.53. The van der Waals surface area contributed by atoms with Crippen molar-refractivity contribution in [3.8, 4) is 0 Å². The third kappa shape index (κ3) is 3.16. The first-order chi connectivity index (χ1) is 8.70. The lowest BCUT2D eigenvalue weighted by atomic mass is 9.94. The molecule has 0 N–H and O–H groups in total. The number of halogens is 1. The van der Waals surface area contributed by atoms with Gasteiger partial charge in [0.2, 0.25) is 0 Å². The molecule has 18 heavy (non-hydrogen) atoms. The number of ketones is 1. The van der Waals surface area contributed by atoms with Gasteiger partial charge in [-0.1, -0.05) is 25.5 Å². The average molecular weight is 249 g/mol. The number of hydrogen-bond donors (Lipinski definition) is 0. The van der Waals surface area contributed by atoms with E-state index in [2.05, 4.69) is 11.8 Å². The minimum atomic E-state index is -0.411. The normalized spacial score (nSPS) is 17.9. The van der Waals surface area contributed by atoms with Gasteiger partial charge in [0.15, 0.2) is 5.78 Å². The topological polar surface area (TPSA) is 20.3 Å². The summed E-state index contributed by atoms with van der Waals surface area (Å²) in [5.74, 6) is 0.277. The second-order valence-electron chi connectivity index (χ2n) is 5.03. The molecule has 1 fully saturated rings. The van der Waals surface area contributed by atoms with Gasteiger partial charge in [0.1, 0.15) is 5.82 Å². The summed E-state index contributed by atoms with van der Waals surface area (Å²) in [7, 11) is 0. The third-order valence-corrected chi connectivity index (χ3v) is 3.83. The maximum atomic E-state index is 13.5. The molecule has 0 radical (unpaired) electrons. The lowest BCUT2D eigenvalue weighted by molar-refractivity contribution is 0.0890. The van der Waals surface area contributed by atoms with Gasteiger partial charge in [0.05, 0.1) is 12.1 Å². The predicted molar refractivity (Wildman–Crippen MR) is 70.2 cm³/mol. The highest BCUT2D eigenvalue weighted by atomic mass is 19.1. The Morgan fingerprint density at radius 3 is 2.61 bits per heavy atom. The molecule has 0 amide bonds. The smallest absolute Gasteiger partial charge is 0.179 e. The first kappa shape index (κ1) is 13.2. The number of carbonyl (C=O) groups is 1. The first-order valence-electron chi connectivity index (χ1n) is 6.70. The lowest BCUT2D eigenvalue weighted by Gasteiger charge is -2.30. The van der Waals surface area contributed by atoms with Crippen LogP contribution >= 0.6 is 0 Å². The van der Waals surface area contributed by atoms with Crippen LogP contribution in [0.5, 0.6) is 0 Å². The molecule has 0 spiro atoms. The summed E-state index contributed by atoms with van der Waals surface area (Å²) < 4.78 is 13.5. The maximum absolute atomic E-state index is 13.5. The van der Waals surface area contributed by atoms with Crippen molar-refractivity contribution in [2.75, 3.05) is 19.6 Å². The molecular weight excluding hydrogens is 229 g/mol. The molecule has 1 aromatic rings. The fourth-order valence-corrected chi connectivity index (χ4v) is 2.53. The Balaban J connectivity index is 1.91. The van der Waals surface area contributed by atoms with Crippen LogP contribution < -0.4 is 0 Å². The highest BCUT2D eigenvalue weighted by Gasteiger charge is 2.21. The van der Waals surface area contributed by atoms with Crippen molar-refractivity contribution >= 4 is 5.78 Å². The number of benzene rings is 1. The Morgan fingerprint density at radius 1 is 1.33 bits per heavy atom. The van der Waals surface area contributed by atoms with E-state index in [1.165, 1.54) is 12.5 Å². The molecule has 1 heterocycles. The Hall–Kier alpha value is -1.22. The SMILES string of the molecule is CCC1CCN(CC(=O)c2ccccc2F)CC1. The molecule has 2 rings (SSSR count). The van der Waals surface area contributed by atoms with Gasteiger partial charge in [0.25, 0.3) is 0 Å². The quantitative estimate of drug-likeness (QED) is 0.764. The molecule has 1 saturated heterocycles. The van der Waals surface area contributed by atoms with Gasteiger partial charge in [-0.25, -0.2) is 4.39 Å². The van der Waals surface area contributed by atoms with Crippen LogP contribution in [0.3, 0.4) is 0 Å². The van der Waals surface area contributed by atoms with E-state index in [1.807, 2.05) is 0 Å². The zero-order chi connectivity index (χ0) is 13.0. The molecule has 0 unspecified atom stereocenters. The Bertz CT molecular complexity index is 411. The summed E-state index contributed by atoms with van der Waals surface area (Å²) in [6.45, 7) is 4.47. The van der Waals surface area contributed by atoms with E-state index in [0.29, 0.717) is 6.54 Å². The van der Waals surface area contributed by atoms with Gasteiger partial charge < -0.3 is 0 Å². The lowest BCUT2D eigenvalue weighted by Crippen LogP contribution is -2.37. The zero-order valence-corrected chi connectivity index (χ0v) is 10.9. The van der Waals surface area contributed by atoms with Crippen molar-refractivity contribution in [1.29, 1.82) is 0 Å². The molecule has 1 aliphatic heterocycles. The van der Waals surface area contributed by atoms with Gasteiger partial charge in [-0.3, -0.25) is 9.69 Å². The van der Waals surface area contributed by atoms with E-state index < -0.39 is 5.82 Å². The van der Waals surface area contributed by atoms with Crippen LogP contribution in [0.2, 0.25) is 0 Å². The Morgan fingerprint density at radius 2 is 2.00 bits per heavy atom. The number of nitrogens with zero attached hydrogens (tertiary/aromatic N) is 1. The van der Waals surface area contributed by atoms with E-state index in [-0.39, 0.29) is 11.3 Å². The van der Waals surface area contributed by atoms with E-state index in [1.54, 1.807) is 18.2 Å². The van der Waals surface area contributed by atoms with Crippen LogP contribution in [-0.4, -0.2) is 30.3 Å². The standard InChI is InChI=1S/C15H20FNO/c1-2-12-7-9-17(10-8-12)11-15(18)13-5-3-4-6-14(13)16/h3-6,12H,2,7-11H2,1H3. The molecule has 0 atom stereocenters. The molecule has 0 saturated carbocycles. The molecule has 3 heteroatoms. The fourth-order valence-electron chi connectivity index (χ4n) is 2.53. The van der Waals surface area contributed by atoms with Crippen LogP contribution in [0.15, 0.2) is 24.3 Å². The van der Waals surface area contributed by atoms with Crippen molar-refractivity contribution in [3.63, 3.8) is 0 Å². The highest BCUT2D eigenvalue weighted by Crippen LogP contribution is 2.20. The summed E-state index contributed by atoms with van der Waals surface area (Å²) >= 11 is 0. The summed E-state index contributed by atoms with van der Waals surface area (Å²) in [4.78, 5) is 14.1. The van der Waals surface area contributed by atoms with Crippen molar-refractivity contribution in [3.05, 3.63) is 35.6 Å². The largest absolute Gasteiger partial charge is 0.296 e. The van der Waals surface area contributed by atoms with Crippen molar-refractivity contribution in [1.82, 2.24) is 4.90 Å². The second-order valence-corrected chi connectivity index (χ2v) is 5.03. The van der Waals surface area contributed by atoms with Crippen LogP contribution in [0.4, 0.5) is 4.39 Å². The van der Waals surface area contributed by atoms with E-state index in [0.717, 1.165) is 31.8 Å². The van der Waals surface area contributed by atoms with Crippen molar-refractivity contribution in [2.45, 2.75) is 26.2 Å². The van der Waals surface area contributed by atoms with Crippen LogP contribution in [0.25, 0.3) is 0 Å². The highest BCUT2D eigenvalue weighted by molar-refractivity contribution is 5.97. The van der Waals surface area contributed by atoms with Crippen molar-refractivity contribution in [2.24, 2.45) is 5.92 Å². The Labute approximate surface area is 108 Å². The van der Waals surface area contributed by atoms with Gasteiger partial charge in [-0.15, -0.1) is 0 Å². The second kappa shape index (κ2) is 6.10. The van der Waals surface area contributed by atoms with E-state index >= 15 is 0 Å². The third-order valence-electron chi connectivity index (χ3n) is 3.83. The number of Topliss-reactive ketones (excluding diaryl/α,β-unsaturated/α-hetero) is 1. The number of carbonyl (C=O) groups excluding carboxylic acids is 1. The van der Waals surface area contributed by atoms with E-state index in [9.17, 15) is 9.18 Å². The predicted octanol–water partition coefficient (Wildman–Crippen LogP) is 3.13. The summed E-state index contributed by atoms with van der Waals surface area (Å²) in [5.41, 5.74) is 0.218. The van der Waals surface area contributed by atoms with Crippen LogP contribution in [0.1, 0.15) is 36.5 Å². The molecule has 0 bridgehead atoms. The number of hydrogen-bond acceptors (Lipinski definition) is 2. The monoisotopic (exact) mass is 249 g/mol. The molecule has 1 aromatic carbocycles. The van der Waals surface area contributed by atoms with E-state index in [4.69, 9.17) is 0 Å². The molecule has 0 aliphatic carbocycles. The van der Waals surface area contributed by atoms with Gasteiger partial charge in [-0.05, 0) is 44.0 Å². The van der Waals surface area contributed by atoms with Crippen molar-refractivity contribution < 1.29 is 9.18 Å². The van der Waals surface area contributed by atoms with Gasteiger partial charge in [-0.2, -0.15) is 0 Å². The first-order valence-corrected chi connectivity index (χ1v) is 6.70. The molecule has 0 aromatic heterocycles. The van der Waals surface area contributed by atoms with Gasteiger partial charge >= 0.3 is 0 Å². The molecule has 1 aliphatic rings. The van der Waals surface area contributed by atoms with Crippen LogP contribution in [0, 0.1) is 11.7 Å². The molecular formula is C15H20FNO. The average Bonchev–Trinajstić information content (AvgIpc) is 2.40. The van der Waals surface area contributed by atoms with Crippen LogP contribution in [-0.2, 0) is 0 Å². The number of piperidine rings is 1. The zero-order valence-electron chi connectivity index (χ0n) is 10.9. The summed E-state index contributed by atoms with van der Waals surface area (Å²) in [6, 6.07) is 6.23. The maximum Gasteiger partial charge on any atom is 0.179 e.